The Morgan fingerprint density at radius 2 is 0.912 bits per heavy atom. The van der Waals surface area contributed by atoms with E-state index in [0.29, 0.717) is 12.8 Å². The Morgan fingerprint density at radius 3 is 1.26 bits per heavy atom. The number of hydrogen-bond acceptors (Lipinski definition) is 14. The molecule has 15 nitrogen and oxygen atoms in total. The van der Waals surface area contributed by atoms with Gasteiger partial charge in [-0.3, -0.25) is 0 Å². The molecule has 0 saturated heterocycles. The van der Waals surface area contributed by atoms with Gasteiger partial charge in [-0.05, 0) is 6.42 Å². The number of hydrogen-bond donors (Lipinski definition) is 12. The van der Waals surface area contributed by atoms with Crippen molar-refractivity contribution >= 4 is 5.97 Å². The molecule has 0 spiro atoms. The fourth-order valence-electron chi connectivity index (χ4n) is 3.01. The van der Waals surface area contributed by atoms with Gasteiger partial charge in [-0.25, -0.2) is 0 Å². The first-order chi connectivity index (χ1) is 14.3. The van der Waals surface area contributed by atoms with Gasteiger partial charge in [0, 0.05) is 6.42 Å². The largest absolute Gasteiger partial charge is 1.00 e. The normalized spacial score (nSPS) is 13.8. The Bertz CT molecular complexity index is 604. The standard InChI is InChI=1S/C18H36O14.Li.H2O/c1-2-3-4-5-6-7-8-9-10-11-13(21,22)15(25,26)17(29,30)18(31,32)16(27,28)14(23,24)12(19)20;;/h21-32H,2-11H2,1H3,(H,19,20);;1H2/q;+1;/p-1. The van der Waals surface area contributed by atoms with E-state index in [1.165, 1.54) is 0 Å². The van der Waals surface area contributed by atoms with Gasteiger partial charge in [-0.2, -0.15) is 0 Å². The van der Waals surface area contributed by atoms with Crippen molar-refractivity contribution in [2.24, 2.45) is 0 Å². The van der Waals surface area contributed by atoms with Crippen LogP contribution in [0.4, 0.5) is 0 Å². The third-order valence-corrected chi connectivity index (χ3v) is 5.42. The zero-order chi connectivity index (χ0) is 25.6. The molecule has 0 rings (SSSR count). The van der Waals surface area contributed by atoms with Gasteiger partial charge >= 0.3 is 18.9 Å². The molecule has 0 heterocycles. The summed E-state index contributed by atoms with van der Waals surface area (Å²) in [6.45, 7) is 2.07. The first kappa shape index (κ1) is 38.1. The van der Waals surface area contributed by atoms with Gasteiger partial charge in [0.1, 0.15) is 5.97 Å². The van der Waals surface area contributed by atoms with Crippen molar-refractivity contribution in [3.05, 3.63) is 0 Å². The van der Waals surface area contributed by atoms with Crippen molar-refractivity contribution in [1.82, 2.24) is 0 Å². The number of unbranched alkanes of at least 4 members (excludes halogenated alkanes) is 8. The van der Waals surface area contributed by atoms with Crippen molar-refractivity contribution in [3.8, 4) is 0 Å². The number of carboxylic acid groups (broad SMARTS) is 1. The summed E-state index contributed by atoms with van der Waals surface area (Å²) in [6.07, 6.45) is 5.70. The number of carbonyl (C=O) groups is 1. The maximum absolute atomic E-state index is 10.6. The summed E-state index contributed by atoms with van der Waals surface area (Å²) >= 11 is 0. The average molecular weight is 500 g/mol. The summed E-state index contributed by atoms with van der Waals surface area (Å²) in [7, 11) is 0. The van der Waals surface area contributed by atoms with E-state index in [1.807, 2.05) is 0 Å². The predicted molar refractivity (Wildman–Crippen MR) is 103 cm³/mol. The third-order valence-electron chi connectivity index (χ3n) is 5.42. The first-order valence-electron chi connectivity index (χ1n) is 10.2. The van der Waals surface area contributed by atoms with Crippen LogP contribution < -0.4 is 24.0 Å². The SMILES string of the molecule is CCCCCCCCCCCC(O)(O)C(O)(O)C(O)(O)C(O)(O)C(O)(O)C(O)(O)C(=O)[O-].O.[Li+]. The molecule has 34 heavy (non-hydrogen) atoms. The molecule has 0 atom stereocenters. The third kappa shape index (κ3) is 7.52. The minimum absolute atomic E-state index is 0. The van der Waals surface area contributed by atoms with E-state index in [1.54, 1.807) is 0 Å². The van der Waals surface area contributed by atoms with Crippen LogP contribution in [0, 0.1) is 0 Å². The van der Waals surface area contributed by atoms with Crippen LogP contribution in [0.5, 0.6) is 0 Å². The van der Waals surface area contributed by atoms with E-state index in [0.717, 1.165) is 38.5 Å². The van der Waals surface area contributed by atoms with Crippen molar-refractivity contribution < 1.29 is 95.5 Å². The molecule has 14 N–H and O–H groups in total. The topological polar surface area (TPSA) is 314 Å². The number of carbonyl (C=O) groups excluding carboxylic acids is 1. The quantitative estimate of drug-likeness (QED) is 0.0532. The zero-order valence-electron chi connectivity index (χ0n) is 19.3. The summed E-state index contributed by atoms with van der Waals surface area (Å²) in [4.78, 5) is 10.6. The molecule has 200 valence electrons. The molecular formula is C18H37LiO15. The minimum atomic E-state index is -5.33. The van der Waals surface area contributed by atoms with Crippen LogP contribution in [0.25, 0.3) is 0 Å². The smallest absolute Gasteiger partial charge is 0.544 e. The number of rotatable bonds is 16. The van der Waals surface area contributed by atoms with Gasteiger partial charge in [-0.15, -0.1) is 0 Å². The molecule has 0 radical (unpaired) electrons. The molecule has 0 aliphatic heterocycles. The van der Waals surface area contributed by atoms with Gasteiger partial charge in [0.15, 0.2) is 0 Å². The molecule has 0 unspecified atom stereocenters. The summed E-state index contributed by atoms with van der Waals surface area (Å²) in [5, 5.41) is 126. The fourth-order valence-corrected chi connectivity index (χ4v) is 3.01. The molecule has 0 aromatic carbocycles. The van der Waals surface area contributed by atoms with Crippen LogP contribution in [-0.4, -0.2) is 107 Å². The summed E-state index contributed by atoms with van der Waals surface area (Å²) < 4.78 is 0. The maximum Gasteiger partial charge on any atom is 1.00 e. The van der Waals surface area contributed by atoms with Crippen LogP contribution >= 0.6 is 0 Å². The molecule has 0 aliphatic carbocycles. The van der Waals surface area contributed by atoms with Crippen LogP contribution in [0.1, 0.15) is 71.1 Å². The Morgan fingerprint density at radius 1 is 0.588 bits per heavy atom. The van der Waals surface area contributed by atoms with Crippen LogP contribution in [0.15, 0.2) is 0 Å². The molecule has 0 aromatic rings. The minimum Gasteiger partial charge on any atom is -0.544 e. The second-order valence-electron chi connectivity index (χ2n) is 8.04. The molecule has 0 fully saturated rings. The van der Waals surface area contributed by atoms with E-state index >= 15 is 0 Å². The first-order valence-corrected chi connectivity index (χ1v) is 10.2. The van der Waals surface area contributed by atoms with E-state index in [4.69, 9.17) is 10.2 Å². The van der Waals surface area contributed by atoms with E-state index in [-0.39, 0.29) is 30.8 Å². The van der Waals surface area contributed by atoms with Gasteiger partial charge in [0.25, 0.3) is 28.9 Å². The molecule has 0 amide bonds. The monoisotopic (exact) mass is 500 g/mol. The number of aliphatic carboxylic acids is 1. The van der Waals surface area contributed by atoms with Gasteiger partial charge in [0.2, 0.25) is 5.79 Å². The summed E-state index contributed by atoms with van der Waals surface area (Å²) in [6, 6.07) is 0. The maximum atomic E-state index is 10.6. The van der Waals surface area contributed by atoms with Crippen LogP contribution in [0.2, 0.25) is 0 Å². The fraction of sp³-hybridized carbons (Fsp3) is 0.944. The Balaban J connectivity index is -0.00000480. The number of aliphatic hydroxyl groups is 12. The molecule has 0 bridgehead atoms. The summed E-state index contributed by atoms with van der Waals surface area (Å²) in [5.74, 6) is -32.7. The molecule has 16 heteroatoms. The molecular weight excluding hydrogens is 463 g/mol. The Hall–Kier alpha value is -0.453. The van der Waals surface area contributed by atoms with E-state index in [9.17, 15) is 61.0 Å². The van der Waals surface area contributed by atoms with Crippen LogP contribution in [-0.2, 0) is 4.79 Å². The number of carboxylic acids is 1. The van der Waals surface area contributed by atoms with Crippen molar-refractivity contribution in [1.29, 1.82) is 0 Å². The second-order valence-corrected chi connectivity index (χ2v) is 8.04. The second kappa shape index (κ2) is 13.7. The van der Waals surface area contributed by atoms with Crippen LogP contribution in [0.3, 0.4) is 0 Å². The average Bonchev–Trinajstić information content (AvgIpc) is 2.65. The van der Waals surface area contributed by atoms with E-state index < -0.39 is 47.1 Å². The summed E-state index contributed by atoms with van der Waals surface area (Å²) in [5.41, 5.74) is 0. The van der Waals surface area contributed by atoms with Gasteiger partial charge in [0.05, 0.1) is 0 Å². The van der Waals surface area contributed by atoms with Crippen molar-refractivity contribution in [2.45, 2.75) is 106 Å². The molecule has 0 aliphatic rings. The molecule has 0 aromatic heterocycles. The van der Waals surface area contributed by atoms with E-state index in [2.05, 4.69) is 6.92 Å². The zero-order valence-corrected chi connectivity index (χ0v) is 19.3. The molecule has 0 saturated carbocycles. The van der Waals surface area contributed by atoms with Crippen molar-refractivity contribution in [2.75, 3.05) is 0 Å². The Labute approximate surface area is 207 Å². The predicted octanol–water partition coefficient (Wildman–Crippen LogP) is -9.08. The van der Waals surface area contributed by atoms with Crippen molar-refractivity contribution in [3.63, 3.8) is 0 Å². The Kier molecular flexibility index (Phi) is 15.4. The van der Waals surface area contributed by atoms with Gasteiger partial charge in [-0.1, -0.05) is 58.3 Å². The van der Waals surface area contributed by atoms with Gasteiger partial charge < -0.3 is 76.7 Å².